The highest BCUT2D eigenvalue weighted by molar-refractivity contribution is 7.13. The fraction of sp³-hybridized carbons (Fsp3) is 0.312. The van der Waals surface area contributed by atoms with Crippen LogP contribution >= 0.6 is 22.9 Å². The molecule has 1 atom stereocenters. The molecule has 2 aromatic rings. The van der Waals surface area contributed by atoms with E-state index >= 15 is 0 Å². The molecule has 1 unspecified atom stereocenters. The van der Waals surface area contributed by atoms with E-state index in [1.54, 1.807) is 28.6 Å². The van der Waals surface area contributed by atoms with Crippen LogP contribution in [0.3, 0.4) is 0 Å². The fourth-order valence-corrected chi connectivity index (χ4v) is 3.81. The Balaban J connectivity index is 1.55. The predicted molar refractivity (Wildman–Crippen MR) is 92.4 cm³/mol. The van der Waals surface area contributed by atoms with Crippen molar-refractivity contribution in [2.24, 2.45) is 0 Å². The van der Waals surface area contributed by atoms with Crippen LogP contribution in [0.1, 0.15) is 23.2 Å². The highest BCUT2D eigenvalue weighted by Gasteiger charge is 2.35. The van der Waals surface area contributed by atoms with Crippen molar-refractivity contribution in [3.05, 3.63) is 34.3 Å². The molecule has 7 nitrogen and oxygen atoms in total. The summed E-state index contributed by atoms with van der Waals surface area (Å²) in [6.45, 7) is 0.593. The van der Waals surface area contributed by atoms with Gasteiger partial charge in [0.1, 0.15) is 6.04 Å². The van der Waals surface area contributed by atoms with Crippen molar-refractivity contribution in [2.75, 3.05) is 18.7 Å². The van der Waals surface area contributed by atoms with Crippen molar-refractivity contribution >= 4 is 39.9 Å². The van der Waals surface area contributed by atoms with Gasteiger partial charge < -0.3 is 19.7 Å². The molecule has 1 N–H and O–H groups in total. The molecule has 1 aromatic carbocycles. The molecule has 1 saturated heterocycles. The largest absolute Gasteiger partial charge is 0.454 e. The normalized spacial score (nSPS) is 18.4. The first kappa shape index (κ1) is 16.2. The van der Waals surface area contributed by atoms with Crippen LogP contribution < -0.4 is 14.8 Å². The molecule has 0 spiro atoms. The van der Waals surface area contributed by atoms with Gasteiger partial charge in [-0.05, 0) is 25.0 Å². The number of carbonyl (C=O) groups excluding carboxylic acids is 2. The Labute approximate surface area is 152 Å². The second-order valence-electron chi connectivity index (χ2n) is 5.67. The number of hydrogen-bond acceptors (Lipinski definition) is 6. The second-order valence-corrected chi connectivity index (χ2v) is 6.98. The first-order valence-electron chi connectivity index (χ1n) is 7.74. The van der Waals surface area contributed by atoms with Crippen LogP contribution in [0, 0.1) is 0 Å². The number of fused-ring (bicyclic) bond motifs is 1. The SMILES string of the molecule is O=C(Nc1nccs1)C1CCCN1C(=O)c1cc(Cl)c2c(c1)OCO2. The first-order chi connectivity index (χ1) is 12.1. The first-order valence-corrected chi connectivity index (χ1v) is 9.00. The number of hydrogen-bond donors (Lipinski definition) is 1. The molecule has 0 bridgehead atoms. The predicted octanol–water partition coefficient (Wildman–Crippen LogP) is 2.77. The van der Waals surface area contributed by atoms with Gasteiger partial charge in [-0.1, -0.05) is 11.6 Å². The van der Waals surface area contributed by atoms with Crippen LogP contribution in [0.5, 0.6) is 11.5 Å². The van der Waals surface area contributed by atoms with E-state index in [-0.39, 0.29) is 18.6 Å². The van der Waals surface area contributed by atoms with Crippen LogP contribution in [-0.4, -0.2) is 41.1 Å². The van der Waals surface area contributed by atoms with Gasteiger partial charge in [-0.15, -0.1) is 11.3 Å². The molecule has 0 radical (unpaired) electrons. The summed E-state index contributed by atoms with van der Waals surface area (Å²) in [5, 5.41) is 5.38. The number of likely N-dealkylation sites (tertiary alicyclic amines) is 1. The van der Waals surface area contributed by atoms with Crippen LogP contribution in [0.25, 0.3) is 0 Å². The zero-order valence-corrected chi connectivity index (χ0v) is 14.6. The van der Waals surface area contributed by atoms with E-state index in [4.69, 9.17) is 21.1 Å². The van der Waals surface area contributed by atoms with E-state index in [0.29, 0.717) is 40.2 Å². The Kier molecular flexibility index (Phi) is 4.22. The van der Waals surface area contributed by atoms with Crippen LogP contribution in [0.15, 0.2) is 23.7 Å². The zero-order chi connectivity index (χ0) is 17.4. The quantitative estimate of drug-likeness (QED) is 0.886. The summed E-state index contributed by atoms with van der Waals surface area (Å²) in [6.07, 6.45) is 2.99. The van der Waals surface area contributed by atoms with Gasteiger partial charge in [0.2, 0.25) is 12.7 Å². The third kappa shape index (κ3) is 3.03. The molecular formula is C16H14ClN3O4S. The lowest BCUT2D eigenvalue weighted by molar-refractivity contribution is -0.119. The summed E-state index contributed by atoms with van der Waals surface area (Å²) in [7, 11) is 0. The highest BCUT2D eigenvalue weighted by Crippen LogP contribution is 2.40. The molecule has 0 saturated carbocycles. The van der Waals surface area contributed by atoms with Gasteiger partial charge >= 0.3 is 0 Å². The number of amides is 2. The second kappa shape index (κ2) is 6.53. The van der Waals surface area contributed by atoms with Crippen LogP contribution in [0.4, 0.5) is 5.13 Å². The average Bonchev–Trinajstić information content (AvgIpc) is 3.34. The van der Waals surface area contributed by atoms with Gasteiger partial charge in [0.05, 0.1) is 5.02 Å². The van der Waals surface area contributed by atoms with Gasteiger partial charge in [0.15, 0.2) is 16.6 Å². The maximum Gasteiger partial charge on any atom is 0.254 e. The number of rotatable bonds is 3. The van der Waals surface area contributed by atoms with E-state index in [1.807, 2.05) is 0 Å². The Hall–Kier alpha value is -2.32. The molecule has 3 heterocycles. The van der Waals surface area contributed by atoms with Gasteiger partial charge in [-0.2, -0.15) is 0 Å². The van der Waals surface area contributed by atoms with E-state index in [2.05, 4.69) is 10.3 Å². The lowest BCUT2D eigenvalue weighted by atomic mass is 10.1. The number of benzene rings is 1. The summed E-state index contributed by atoms with van der Waals surface area (Å²) in [5.74, 6) is 0.404. The minimum absolute atomic E-state index is 0.0786. The van der Waals surface area contributed by atoms with E-state index in [9.17, 15) is 9.59 Å². The zero-order valence-electron chi connectivity index (χ0n) is 13.0. The minimum atomic E-state index is -0.527. The van der Waals surface area contributed by atoms with Gasteiger partial charge in [-0.25, -0.2) is 4.98 Å². The molecule has 2 aliphatic heterocycles. The molecule has 1 aromatic heterocycles. The summed E-state index contributed by atoms with van der Waals surface area (Å²) >= 11 is 7.49. The number of nitrogens with one attached hydrogen (secondary N) is 1. The molecular weight excluding hydrogens is 366 g/mol. The summed E-state index contributed by atoms with van der Waals surface area (Å²) in [4.78, 5) is 31.0. The molecule has 2 amide bonds. The lowest BCUT2D eigenvalue weighted by Gasteiger charge is -2.23. The smallest absolute Gasteiger partial charge is 0.254 e. The van der Waals surface area contributed by atoms with Gasteiger partial charge in [0, 0.05) is 23.7 Å². The number of carbonyl (C=O) groups is 2. The summed E-state index contributed by atoms with van der Waals surface area (Å²) in [5.41, 5.74) is 0.378. The molecule has 130 valence electrons. The minimum Gasteiger partial charge on any atom is -0.454 e. The lowest BCUT2D eigenvalue weighted by Crippen LogP contribution is -2.43. The third-order valence-corrected chi connectivity index (χ3v) is 5.12. The Morgan fingerprint density at radius 3 is 3.04 bits per heavy atom. The monoisotopic (exact) mass is 379 g/mol. The Morgan fingerprint density at radius 2 is 2.24 bits per heavy atom. The van der Waals surface area contributed by atoms with E-state index in [1.165, 1.54) is 11.3 Å². The van der Waals surface area contributed by atoms with Crippen molar-refractivity contribution in [1.29, 1.82) is 0 Å². The maximum absolute atomic E-state index is 12.9. The Morgan fingerprint density at radius 1 is 1.36 bits per heavy atom. The van der Waals surface area contributed by atoms with Crippen LogP contribution in [0.2, 0.25) is 5.02 Å². The highest BCUT2D eigenvalue weighted by atomic mass is 35.5. The van der Waals surface area contributed by atoms with E-state index in [0.717, 1.165) is 6.42 Å². The average molecular weight is 380 g/mol. The molecule has 4 rings (SSSR count). The standard InChI is InChI=1S/C16H14ClN3O4S/c17-10-6-9(7-12-13(10)24-8-23-12)15(22)20-4-1-2-11(20)14(21)19-16-18-3-5-25-16/h3,5-7,11H,1-2,4,8H2,(H,18,19,21). The number of thiazole rings is 1. The molecule has 2 aliphatic rings. The number of ether oxygens (including phenoxy) is 2. The van der Waals surface area contributed by atoms with Crippen LogP contribution in [-0.2, 0) is 4.79 Å². The maximum atomic E-state index is 12.9. The van der Waals surface area contributed by atoms with Crippen molar-refractivity contribution < 1.29 is 19.1 Å². The molecule has 1 fully saturated rings. The van der Waals surface area contributed by atoms with Crippen molar-refractivity contribution in [2.45, 2.75) is 18.9 Å². The number of aromatic nitrogens is 1. The van der Waals surface area contributed by atoms with Crippen molar-refractivity contribution in [1.82, 2.24) is 9.88 Å². The van der Waals surface area contributed by atoms with Gasteiger partial charge in [0.25, 0.3) is 5.91 Å². The number of nitrogens with zero attached hydrogens (tertiary/aromatic N) is 2. The Bertz CT molecular complexity index is 827. The number of anilines is 1. The van der Waals surface area contributed by atoms with Gasteiger partial charge in [-0.3, -0.25) is 9.59 Å². The van der Waals surface area contributed by atoms with E-state index < -0.39 is 6.04 Å². The van der Waals surface area contributed by atoms with Crippen molar-refractivity contribution in [3.63, 3.8) is 0 Å². The summed E-state index contributed by atoms with van der Waals surface area (Å²) in [6, 6.07) is 2.62. The fourth-order valence-electron chi connectivity index (χ4n) is 3.01. The topological polar surface area (TPSA) is 80.8 Å². The molecule has 0 aliphatic carbocycles. The molecule has 9 heteroatoms. The number of halogens is 1. The summed E-state index contributed by atoms with van der Waals surface area (Å²) < 4.78 is 10.6. The molecule has 25 heavy (non-hydrogen) atoms. The third-order valence-electron chi connectivity index (χ3n) is 4.15. The van der Waals surface area contributed by atoms with Crippen molar-refractivity contribution in [3.8, 4) is 11.5 Å².